The third-order valence-electron chi connectivity index (χ3n) is 2.66. The maximum atomic E-state index is 8.59. The number of ether oxygens (including phenoxy) is 1. The second kappa shape index (κ2) is 4.85. The van der Waals surface area contributed by atoms with Crippen molar-refractivity contribution < 1.29 is 4.74 Å². The monoisotopic (exact) mass is 215 g/mol. The lowest BCUT2D eigenvalue weighted by Gasteiger charge is -2.22. The summed E-state index contributed by atoms with van der Waals surface area (Å²) in [7, 11) is 0. The van der Waals surface area contributed by atoms with E-state index in [1.165, 1.54) is 5.57 Å². The molecule has 0 saturated heterocycles. The van der Waals surface area contributed by atoms with E-state index >= 15 is 0 Å². The third-order valence-corrected chi connectivity index (χ3v) is 2.66. The first-order valence-electron chi connectivity index (χ1n) is 5.28. The summed E-state index contributed by atoms with van der Waals surface area (Å²) in [5.74, 6) is 0. The van der Waals surface area contributed by atoms with Crippen molar-refractivity contribution >= 4 is 0 Å². The van der Waals surface area contributed by atoms with Crippen molar-refractivity contribution in [1.29, 1.82) is 5.26 Å². The number of allylic oxidation sites excluding steroid dienone is 5. The van der Waals surface area contributed by atoms with E-state index in [4.69, 9.17) is 10.00 Å². The van der Waals surface area contributed by atoms with Crippen molar-refractivity contribution in [3.05, 3.63) is 47.6 Å². The maximum absolute atomic E-state index is 8.59. The molecule has 2 heteroatoms. The Morgan fingerprint density at radius 1 is 1.56 bits per heavy atom. The van der Waals surface area contributed by atoms with Crippen LogP contribution in [0.5, 0.6) is 0 Å². The molecule has 0 aromatic heterocycles. The molecule has 0 unspecified atom stereocenters. The molecule has 2 nitrogen and oxygen atoms in total. The summed E-state index contributed by atoms with van der Waals surface area (Å²) >= 11 is 0. The summed E-state index contributed by atoms with van der Waals surface area (Å²) in [5.41, 5.74) is 2.73. The van der Waals surface area contributed by atoms with Crippen LogP contribution in [0.3, 0.4) is 0 Å². The van der Waals surface area contributed by atoms with Crippen LogP contribution in [0.25, 0.3) is 0 Å². The maximum Gasteiger partial charge on any atom is 0.287 e. The first-order chi connectivity index (χ1) is 7.47. The molecule has 1 aliphatic carbocycles. The molecular weight excluding hydrogens is 198 g/mol. The average molecular weight is 215 g/mol. The predicted molar refractivity (Wildman–Crippen MR) is 65.5 cm³/mol. The Morgan fingerprint density at radius 2 is 2.25 bits per heavy atom. The van der Waals surface area contributed by atoms with E-state index in [9.17, 15) is 0 Å². The van der Waals surface area contributed by atoms with Crippen LogP contribution in [-0.2, 0) is 4.74 Å². The zero-order valence-electron chi connectivity index (χ0n) is 10.1. The third kappa shape index (κ3) is 2.87. The van der Waals surface area contributed by atoms with Gasteiger partial charge in [0, 0.05) is 0 Å². The van der Waals surface area contributed by atoms with E-state index in [0.29, 0.717) is 0 Å². The van der Waals surface area contributed by atoms with Gasteiger partial charge >= 0.3 is 0 Å². The van der Waals surface area contributed by atoms with Gasteiger partial charge < -0.3 is 4.74 Å². The minimum Gasteiger partial charge on any atom is -0.417 e. The quantitative estimate of drug-likeness (QED) is 0.673. The van der Waals surface area contributed by atoms with E-state index in [0.717, 1.165) is 17.6 Å². The summed E-state index contributed by atoms with van der Waals surface area (Å²) in [5, 5.41) is 8.59. The molecular formula is C14H17NO. The fourth-order valence-electron chi connectivity index (χ4n) is 1.56. The highest BCUT2D eigenvalue weighted by Gasteiger charge is 2.23. The molecule has 0 aromatic carbocycles. The Kier molecular flexibility index (Phi) is 3.73. The number of hydrogen-bond donors (Lipinski definition) is 0. The van der Waals surface area contributed by atoms with Crippen LogP contribution in [0.15, 0.2) is 47.6 Å². The van der Waals surface area contributed by atoms with E-state index in [-0.39, 0.29) is 0 Å². The van der Waals surface area contributed by atoms with E-state index < -0.39 is 5.60 Å². The largest absolute Gasteiger partial charge is 0.417 e. The lowest BCUT2D eigenvalue weighted by atomic mass is 9.96. The molecule has 0 spiro atoms. The van der Waals surface area contributed by atoms with Gasteiger partial charge in [-0.05, 0) is 38.3 Å². The van der Waals surface area contributed by atoms with E-state index in [1.807, 2.05) is 39.0 Å². The Morgan fingerprint density at radius 3 is 2.81 bits per heavy atom. The summed E-state index contributed by atoms with van der Waals surface area (Å²) in [6.07, 6.45) is 10.7. The van der Waals surface area contributed by atoms with Crippen LogP contribution in [0, 0.1) is 11.5 Å². The second-order valence-corrected chi connectivity index (χ2v) is 4.40. The van der Waals surface area contributed by atoms with Crippen molar-refractivity contribution in [2.24, 2.45) is 0 Å². The van der Waals surface area contributed by atoms with Crippen molar-refractivity contribution in [3.8, 4) is 6.26 Å². The van der Waals surface area contributed by atoms with Crippen LogP contribution in [-0.4, -0.2) is 5.60 Å². The van der Waals surface area contributed by atoms with Crippen LogP contribution >= 0.6 is 0 Å². The number of nitrogens with zero attached hydrogens (tertiary/aromatic N) is 1. The lowest BCUT2D eigenvalue weighted by molar-refractivity contribution is 0.112. The highest BCUT2D eigenvalue weighted by atomic mass is 16.5. The normalized spacial score (nSPS) is 15.6. The Bertz CT molecular complexity index is 417. The molecule has 0 aromatic rings. The molecule has 0 radical (unpaired) electrons. The second-order valence-electron chi connectivity index (χ2n) is 4.40. The topological polar surface area (TPSA) is 33.0 Å². The summed E-state index contributed by atoms with van der Waals surface area (Å²) in [4.78, 5) is 0. The molecule has 0 fully saturated rings. The predicted octanol–water partition coefficient (Wildman–Crippen LogP) is 3.65. The molecule has 0 saturated carbocycles. The zero-order chi connectivity index (χ0) is 12.2. The minimum absolute atomic E-state index is 0.566. The van der Waals surface area contributed by atoms with Gasteiger partial charge in [0.25, 0.3) is 6.26 Å². The van der Waals surface area contributed by atoms with Gasteiger partial charge in [-0.2, -0.15) is 5.26 Å². The molecule has 16 heavy (non-hydrogen) atoms. The van der Waals surface area contributed by atoms with Gasteiger partial charge in [0.05, 0.1) is 0 Å². The van der Waals surface area contributed by atoms with Crippen molar-refractivity contribution in [2.75, 3.05) is 0 Å². The summed E-state index contributed by atoms with van der Waals surface area (Å²) < 4.78 is 5.06. The molecule has 0 heterocycles. The van der Waals surface area contributed by atoms with Crippen molar-refractivity contribution in [3.63, 3.8) is 0 Å². The Balaban J connectivity index is 2.90. The number of rotatable bonds is 3. The minimum atomic E-state index is -0.566. The zero-order valence-corrected chi connectivity index (χ0v) is 10.1. The lowest BCUT2D eigenvalue weighted by Crippen LogP contribution is -2.24. The summed E-state index contributed by atoms with van der Waals surface area (Å²) in [6.45, 7) is 9.70. The van der Waals surface area contributed by atoms with E-state index in [1.54, 1.807) is 6.26 Å². The van der Waals surface area contributed by atoms with Crippen molar-refractivity contribution in [1.82, 2.24) is 0 Å². The van der Waals surface area contributed by atoms with Crippen LogP contribution < -0.4 is 0 Å². The molecule has 1 aliphatic rings. The van der Waals surface area contributed by atoms with Gasteiger partial charge in [-0.15, -0.1) is 0 Å². The Hall–Kier alpha value is -1.75. The van der Waals surface area contributed by atoms with E-state index in [2.05, 4.69) is 12.7 Å². The fraction of sp³-hybridized carbons (Fsp3) is 0.357. The molecule has 0 bridgehead atoms. The highest BCUT2D eigenvalue weighted by Crippen LogP contribution is 2.26. The molecule has 84 valence electrons. The molecule has 0 atom stereocenters. The molecule has 0 aliphatic heterocycles. The van der Waals surface area contributed by atoms with Gasteiger partial charge in [0.1, 0.15) is 5.60 Å². The smallest absolute Gasteiger partial charge is 0.287 e. The highest BCUT2D eigenvalue weighted by molar-refractivity contribution is 5.40. The van der Waals surface area contributed by atoms with Gasteiger partial charge in [-0.1, -0.05) is 36.5 Å². The summed E-state index contributed by atoms with van der Waals surface area (Å²) in [6, 6.07) is 0. The standard InChI is InChI=1S/C14H17NO/c1-11(2)12-6-5-7-13(9-8-12)14(3,4)16-10-15/h5-7,9H,1,8H2,2-4H3. The number of nitriles is 1. The fourth-order valence-corrected chi connectivity index (χ4v) is 1.56. The van der Waals surface area contributed by atoms with Crippen molar-refractivity contribution in [2.45, 2.75) is 32.8 Å². The van der Waals surface area contributed by atoms with Gasteiger partial charge in [-0.3, -0.25) is 0 Å². The van der Waals surface area contributed by atoms with Crippen LogP contribution in [0.4, 0.5) is 0 Å². The van der Waals surface area contributed by atoms with Crippen LogP contribution in [0.2, 0.25) is 0 Å². The average Bonchev–Trinajstić information content (AvgIpc) is 2.42. The first kappa shape index (κ1) is 12.3. The SMILES string of the molecule is C=C(C)C1=CC=CC(C(C)(C)OC#N)=CC1. The molecule has 1 rings (SSSR count). The number of hydrogen-bond acceptors (Lipinski definition) is 2. The van der Waals surface area contributed by atoms with Gasteiger partial charge in [-0.25, -0.2) is 0 Å². The Labute approximate surface area is 97.2 Å². The van der Waals surface area contributed by atoms with Crippen LogP contribution in [0.1, 0.15) is 27.2 Å². The van der Waals surface area contributed by atoms with Gasteiger partial charge in [0.2, 0.25) is 0 Å². The molecule has 0 N–H and O–H groups in total. The van der Waals surface area contributed by atoms with Gasteiger partial charge in [0.15, 0.2) is 0 Å². The molecule has 0 amide bonds. The first-order valence-corrected chi connectivity index (χ1v) is 5.28.